The standard InChI is InChI=1S/C22H26N2O3S/c1-18-5-7-19(8-6-18)11-14-22(25)23-17-20-9-12-21(13-10-20)28(26,27)24-15-3-2-4-16-24/h5-14H,2-4,15-17H2,1H3,(H,23,25)/b14-11+. The van der Waals surface area contributed by atoms with Crippen molar-refractivity contribution in [1.29, 1.82) is 0 Å². The third-order valence-corrected chi connectivity index (χ3v) is 6.76. The number of aryl methyl sites for hydroxylation is 1. The van der Waals surface area contributed by atoms with Crippen molar-refractivity contribution in [2.75, 3.05) is 13.1 Å². The maximum absolute atomic E-state index is 12.7. The molecule has 1 N–H and O–H groups in total. The first-order valence-corrected chi connectivity index (χ1v) is 11.0. The minimum absolute atomic E-state index is 0.189. The fraction of sp³-hybridized carbons (Fsp3) is 0.318. The Hall–Kier alpha value is -2.44. The van der Waals surface area contributed by atoms with Gasteiger partial charge in [-0.3, -0.25) is 4.79 Å². The molecule has 0 aliphatic carbocycles. The van der Waals surface area contributed by atoms with E-state index >= 15 is 0 Å². The van der Waals surface area contributed by atoms with Crippen molar-refractivity contribution in [3.63, 3.8) is 0 Å². The van der Waals surface area contributed by atoms with E-state index in [-0.39, 0.29) is 5.91 Å². The van der Waals surface area contributed by atoms with Crippen LogP contribution in [0.2, 0.25) is 0 Å². The van der Waals surface area contributed by atoms with Crippen LogP contribution in [0.1, 0.15) is 36.0 Å². The number of nitrogens with zero attached hydrogens (tertiary/aromatic N) is 1. The predicted octanol–water partition coefficient (Wildman–Crippen LogP) is 3.50. The van der Waals surface area contributed by atoms with E-state index in [1.165, 1.54) is 11.6 Å². The van der Waals surface area contributed by atoms with E-state index in [2.05, 4.69) is 5.32 Å². The molecule has 6 heteroatoms. The molecule has 3 rings (SSSR count). The van der Waals surface area contributed by atoms with Crippen LogP contribution in [0.25, 0.3) is 6.08 Å². The number of carbonyl (C=O) groups excluding carboxylic acids is 1. The molecule has 1 fully saturated rings. The number of nitrogens with one attached hydrogen (secondary N) is 1. The van der Waals surface area contributed by atoms with Crippen LogP contribution in [-0.2, 0) is 21.4 Å². The molecule has 1 aliphatic rings. The highest BCUT2D eigenvalue weighted by atomic mass is 32.2. The van der Waals surface area contributed by atoms with Crippen molar-refractivity contribution in [3.8, 4) is 0 Å². The molecule has 0 unspecified atom stereocenters. The van der Waals surface area contributed by atoms with E-state index in [0.29, 0.717) is 24.5 Å². The third kappa shape index (κ3) is 5.30. The molecule has 2 aromatic carbocycles. The van der Waals surface area contributed by atoms with E-state index in [1.54, 1.807) is 34.6 Å². The molecule has 0 radical (unpaired) electrons. The highest BCUT2D eigenvalue weighted by molar-refractivity contribution is 7.89. The van der Waals surface area contributed by atoms with Crippen LogP contribution in [0.15, 0.2) is 59.5 Å². The quantitative estimate of drug-likeness (QED) is 0.758. The second-order valence-corrected chi connectivity index (χ2v) is 9.01. The largest absolute Gasteiger partial charge is 0.348 e. The number of hydrogen-bond acceptors (Lipinski definition) is 3. The van der Waals surface area contributed by atoms with Crippen LogP contribution in [-0.4, -0.2) is 31.7 Å². The Balaban J connectivity index is 1.55. The van der Waals surface area contributed by atoms with Gasteiger partial charge in [-0.2, -0.15) is 4.31 Å². The molecule has 0 bridgehead atoms. The van der Waals surface area contributed by atoms with Crippen LogP contribution in [0.3, 0.4) is 0 Å². The van der Waals surface area contributed by atoms with Crippen LogP contribution in [0.5, 0.6) is 0 Å². The normalized spacial score (nSPS) is 15.6. The van der Waals surface area contributed by atoms with Crippen LogP contribution < -0.4 is 5.32 Å². The molecule has 28 heavy (non-hydrogen) atoms. The van der Waals surface area contributed by atoms with Gasteiger partial charge in [0.1, 0.15) is 0 Å². The molecular weight excluding hydrogens is 372 g/mol. The minimum Gasteiger partial charge on any atom is -0.348 e. The summed E-state index contributed by atoms with van der Waals surface area (Å²) in [7, 11) is -3.42. The second kappa shape index (κ2) is 9.17. The fourth-order valence-corrected chi connectivity index (χ4v) is 4.65. The Morgan fingerprint density at radius 3 is 2.29 bits per heavy atom. The number of rotatable bonds is 6. The van der Waals surface area contributed by atoms with Gasteiger partial charge in [0.25, 0.3) is 0 Å². The third-order valence-electron chi connectivity index (χ3n) is 4.85. The monoisotopic (exact) mass is 398 g/mol. The number of benzene rings is 2. The lowest BCUT2D eigenvalue weighted by Gasteiger charge is -2.25. The summed E-state index contributed by atoms with van der Waals surface area (Å²) in [4.78, 5) is 12.3. The van der Waals surface area contributed by atoms with Gasteiger partial charge in [-0.25, -0.2) is 8.42 Å². The summed E-state index contributed by atoms with van der Waals surface area (Å²) in [6.07, 6.45) is 6.19. The molecule has 148 valence electrons. The lowest BCUT2D eigenvalue weighted by Crippen LogP contribution is -2.35. The van der Waals surface area contributed by atoms with Gasteiger partial charge in [-0.05, 0) is 49.1 Å². The summed E-state index contributed by atoms with van der Waals surface area (Å²) >= 11 is 0. The molecule has 0 atom stereocenters. The minimum atomic E-state index is -3.42. The van der Waals surface area contributed by atoms with Crippen LogP contribution >= 0.6 is 0 Å². The highest BCUT2D eigenvalue weighted by Gasteiger charge is 2.25. The number of piperidine rings is 1. The summed E-state index contributed by atoms with van der Waals surface area (Å²) in [6, 6.07) is 14.7. The van der Waals surface area contributed by atoms with E-state index in [1.807, 2.05) is 31.2 Å². The SMILES string of the molecule is Cc1ccc(/C=C/C(=O)NCc2ccc(S(=O)(=O)N3CCCCC3)cc2)cc1. The summed E-state index contributed by atoms with van der Waals surface area (Å²) in [5.74, 6) is -0.189. The van der Waals surface area contributed by atoms with Crippen molar-refractivity contribution < 1.29 is 13.2 Å². The fourth-order valence-electron chi connectivity index (χ4n) is 3.13. The zero-order valence-corrected chi connectivity index (χ0v) is 16.9. The number of sulfonamides is 1. The summed E-state index contributed by atoms with van der Waals surface area (Å²) in [5, 5.41) is 2.82. The van der Waals surface area contributed by atoms with Gasteiger partial charge in [0.2, 0.25) is 15.9 Å². The smallest absolute Gasteiger partial charge is 0.244 e. The van der Waals surface area contributed by atoms with Gasteiger partial charge in [0.15, 0.2) is 0 Å². The van der Waals surface area contributed by atoms with Gasteiger partial charge >= 0.3 is 0 Å². The zero-order valence-electron chi connectivity index (χ0n) is 16.1. The van der Waals surface area contributed by atoms with Gasteiger partial charge in [0.05, 0.1) is 4.90 Å². The van der Waals surface area contributed by atoms with E-state index in [4.69, 9.17) is 0 Å². The maximum Gasteiger partial charge on any atom is 0.244 e. The molecule has 1 aliphatic heterocycles. The van der Waals surface area contributed by atoms with Crippen LogP contribution in [0.4, 0.5) is 0 Å². The molecule has 0 spiro atoms. The summed E-state index contributed by atoms with van der Waals surface area (Å²) in [5.41, 5.74) is 3.00. The van der Waals surface area contributed by atoms with E-state index < -0.39 is 10.0 Å². The van der Waals surface area contributed by atoms with Gasteiger partial charge < -0.3 is 5.32 Å². The lowest BCUT2D eigenvalue weighted by molar-refractivity contribution is -0.116. The van der Waals surface area contributed by atoms with Crippen molar-refractivity contribution in [1.82, 2.24) is 9.62 Å². The number of carbonyl (C=O) groups is 1. The molecule has 1 saturated heterocycles. The Morgan fingerprint density at radius 1 is 1.00 bits per heavy atom. The number of hydrogen-bond donors (Lipinski definition) is 1. The molecule has 2 aromatic rings. The Bertz CT molecular complexity index is 927. The number of amides is 1. The van der Waals surface area contributed by atoms with Gasteiger partial charge in [0, 0.05) is 25.7 Å². The molecule has 1 heterocycles. The average Bonchev–Trinajstić information content (AvgIpc) is 2.73. The van der Waals surface area contributed by atoms with Crippen molar-refractivity contribution in [2.45, 2.75) is 37.6 Å². The van der Waals surface area contributed by atoms with E-state index in [9.17, 15) is 13.2 Å². The molecule has 1 amide bonds. The highest BCUT2D eigenvalue weighted by Crippen LogP contribution is 2.20. The Kier molecular flexibility index (Phi) is 6.65. The Morgan fingerprint density at radius 2 is 1.64 bits per heavy atom. The average molecular weight is 399 g/mol. The second-order valence-electron chi connectivity index (χ2n) is 7.07. The lowest BCUT2D eigenvalue weighted by atomic mass is 10.1. The first-order chi connectivity index (χ1) is 13.4. The predicted molar refractivity (Wildman–Crippen MR) is 111 cm³/mol. The maximum atomic E-state index is 12.7. The van der Waals surface area contributed by atoms with Crippen molar-refractivity contribution in [3.05, 3.63) is 71.3 Å². The first kappa shape index (κ1) is 20.3. The van der Waals surface area contributed by atoms with Crippen LogP contribution in [0, 0.1) is 6.92 Å². The van der Waals surface area contributed by atoms with Crippen molar-refractivity contribution >= 4 is 22.0 Å². The van der Waals surface area contributed by atoms with Gasteiger partial charge in [-0.15, -0.1) is 0 Å². The molecule has 0 aromatic heterocycles. The summed E-state index contributed by atoms with van der Waals surface area (Å²) < 4.78 is 26.9. The Labute approximate surface area is 167 Å². The van der Waals surface area contributed by atoms with E-state index in [0.717, 1.165) is 30.4 Å². The summed E-state index contributed by atoms with van der Waals surface area (Å²) in [6.45, 7) is 3.55. The van der Waals surface area contributed by atoms with Crippen molar-refractivity contribution in [2.24, 2.45) is 0 Å². The molecule has 0 saturated carbocycles. The molecular formula is C22H26N2O3S. The van der Waals surface area contributed by atoms with Gasteiger partial charge in [-0.1, -0.05) is 48.4 Å². The molecule has 5 nitrogen and oxygen atoms in total. The zero-order chi connectivity index (χ0) is 20.0. The topological polar surface area (TPSA) is 66.5 Å². The first-order valence-electron chi connectivity index (χ1n) is 9.57.